The summed E-state index contributed by atoms with van der Waals surface area (Å²) in [6, 6.07) is 6.68. The van der Waals surface area contributed by atoms with Gasteiger partial charge in [0, 0.05) is 5.56 Å². The van der Waals surface area contributed by atoms with Gasteiger partial charge < -0.3 is 14.2 Å². The number of benzene rings is 1. The first-order valence-corrected chi connectivity index (χ1v) is 4.60. The lowest BCUT2D eigenvalue weighted by molar-refractivity contribution is -0.142. The molecule has 0 aliphatic rings. The molecule has 0 saturated heterocycles. The summed E-state index contributed by atoms with van der Waals surface area (Å²) in [5, 5.41) is 7.41. The van der Waals surface area contributed by atoms with Crippen molar-refractivity contribution >= 4 is 24.3 Å². The second-order valence-electron chi connectivity index (χ2n) is 2.92. The van der Waals surface area contributed by atoms with Crippen LogP contribution in [-0.2, 0) is 14.3 Å². The van der Waals surface area contributed by atoms with E-state index in [1.165, 1.54) is 14.2 Å². The topological polar surface area (TPSA) is 68.6 Å². The lowest BCUT2D eigenvalue weighted by atomic mass is 10.2. The molecule has 6 heteroatoms. The van der Waals surface area contributed by atoms with Gasteiger partial charge in [-0.05, 0) is 24.3 Å². The lowest BCUT2D eigenvalue weighted by Gasteiger charge is -2.06. The Labute approximate surface area is 106 Å². The van der Waals surface area contributed by atoms with Crippen LogP contribution in [0.2, 0.25) is 0 Å². The fraction of sp³-hybridized carbons (Fsp3) is 0.273. The van der Waals surface area contributed by atoms with E-state index in [1.54, 1.807) is 24.3 Å². The van der Waals surface area contributed by atoms with Crippen molar-refractivity contribution < 1.29 is 19.0 Å². The number of hydrogen-bond acceptors (Lipinski definition) is 5. The number of rotatable bonds is 4. The van der Waals surface area contributed by atoms with Crippen LogP contribution in [0.5, 0.6) is 5.75 Å². The molecule has 17 heavy (non-hydrogen) atoms. The van der Waals surface area contributed by atoms with Gasteiger partial charge >= 0.3 is 5.97 Å². The predicted octanol–water partition coefficient (Wildman–Crippen LogP) is 1.63. The molecule has 0 fully saturated rings. The third-order valence-electron chi connectivity index (χ3n) is 1.90. The van der Waals surface area contributed by atoms with Crippen LogP contribution in [0.1, 0.15) is 5.56 Å². The summed E-state index contributed by atoms with van der Waals surface area (Å²) in [7, 11) is 2.73. The van der Waals surface area contributed by atoms with E-state index in [-0.39, 0.29) is 24.9 Å². The van der Waals surface area contributed by atoms with Crippen LogP contribution >= 0.6 is 12.4 Å². The van der Waals surface area contributed by atoms with Gasteiger partial charge in [-0.3, -0.25) is 5.41 Å². The maximum absolute atomic E-state index is 10.8. The van der Waals surface area contributed by atoms with E-state index in [0.717, 1.165) is 0 Å². The molecule has 0 spiro atoms. The summed E-state index contributed by atoms with van der Waals surface area (Å²) in [6.45, 7) is -0.127. The Kier molecular flexibility index (Phi) is 6.74. The van der Waals surface area contributed by atoms with Crippen molar-refractivity contribution in [3.63, 3.8) is 0 Å². The molecule has 0 unspecified atom stereocenters. The Hall–Kier alpha value is -1.75. The van der Waals surface area contributed by atoms with Gasteiger partial charge in [-0.2, -0.15) is 0 Å². The highest BCUT2D eigenvalue weighted by atomic mass is 35.5. The minimum absolute atomic E-state index is 0. The number of hydrogen-bond donors (Lipinski definition) is 1. The Morgan fingerprint density at radius 1 is 1.18 bits per heavy atom. The number of carbonyl (C=O) groups is 1. The fourth-order valence-corrected chi connectivity index (χ4v) is 1.02. The van der Waals surface area contributed by atoms with Gasteiger partial charge in [0.2, 0.25) is 5.90 Å². The highest BCUT2D eigenvalue weighted by molar-refractivity contribution is 5.91. The van der Waals surface area contributed by atoms with Crippen molar-refractivity contribution in [1.82, 2.24) is 0 Å². The zero-order valence-corrected chi connectivity index (χ0v) is 10.4. The third-order valence-corrected chi connectivity index (χ3v) is 1.90. The zero-order valence-electron chi connectivity index (χ0n) is 9.56. The minimum Gasteiger partial charge on any atom is -0.482 e. The molecule has 0 heterocycles. The van der Waals surface area contributed by atoms with Crippen molar-refractivity contribution in [2.24, 2.45) is 0 Å². The quantitative estimate of drug-likeness (QED) is 0.507. The molecular formula is C11H14ClNO4. The van der Waals surface area contributed by atoms with Crippen LogP contribution in [0.3, 0.4) is 0 Å². The highest BCUT2D eigenvalue weighted by Gasteiger charge is 2.03. The molecule has 1 rings (SSSR count). The number of nitrogens with one attached hydrogen (secondary N) is 1. The molecule has 0 bridgehead atoms. The van der Waals surface area contributed by atoms with Crippen LogP contribution in [0.15, 0.2) is 24.3 Å². The average molecular weight is 260 g/mol. The average Bonchev–Trinajstić information content (AvgIpc) is 2.35. The van der Waals surface area contributed by atoms with Crippen molar-refractivity contribution in [2.45, 2.75) is 0 Å². The van der Waals surface area contributed by atoms with Gasteiger partial charge in [0.05, 0.1) is 14.2 Å². The number of halogens is 1. The molecule has 0 atom stereocenters. The summed E-state index contributed by atoms with van der Waals surface area (Å²) in [6.07, 6.45) is 0. The van der Waals surface area contributed by atoms with Gasteiger partial charge in [-0.1, -0.05) is 0 Å². The highest BCUT2D eigenvalue weighted by Crippen LogP contribution is 2.12. The van der Waals surface area contributed by atoms with E-state index in [9.17, 15) is 4.79 Å². The lowest BCUT2D eigenvalue weighted by Crippen LogP contribution is -2.12. The van der Waals surface area contributed by atoms with Crippen LogP contribution in [0.4, 0.5) is 0 Å². The van der Waals surface area contributed by atoms with Crippen molar-refractivity contribution in [3.05, 3.63) is 29.8 Å². The zero-order chi connectivity index (χ0) is 12.0. The monoisotopic (exact) mass is 259 g/mol. The van der Waals surface area contributed by atoms with Crippen LogP contribution in [0, 0.1) is 5.41 Å². The molecular weight excluding hydrogens is 246 g/mol. The molecule has 1 N–H and O–H groups in total. The first-order chi connectivity index (χ1) is 7.67. The summed E-state index contributed by atoms with van der Waals surface area (Å²) >= 11 is 0. The SMILES string of the molecule is COC(=N)c1ccc(OCC(=O)OC)cc1.Cl. The van der Waals surface area contributed by atoms with Crippen LogP contribution < -0.4 is 4.74 Å². The van der Waals surface area contributed by atoms with Gasteiger partial charge in [0.15, 0.2) is 6.61 Å². The van der Waals surface area contributed by atoms with Crippen molar-refractivity contribution in [3.8, 4) is 5.75 Å². The van der Waals surface area contributed by atoms with E-state index in [2.05, 4.69) is 4.74 Å². The Bertz CT molecular complexity index is 378. The molecule has 0 saturated carbocycles. The third kappa shape index (κ3) is 4.74. The summed E-state index contributed by atoms with van der Waals surface area (Å²) < 4.78 is 14.3. The minimum atomic E-state index is -0.436. The number of methoxy groups -OCH3 is 2. The summed E-state index contributed by atoms with van der Waals surface area (Å²) in [5.41, 5.74) is 0.646. The van der Waals surface area contributed by atoms with E-state index < -0.39 is 5.97 Å². The number of carbonyl (C=O) groups excluding carboxylic acids is 1. The molecule has 5 nitrogen and oxygen atoms in total. The standard InChI is InChI=1S/C11H13NO4.ClH/c1-14-10(13)7-16-9-5-3-8(4-6-9)11(12)15-2;/h3-6,12H,7H2,1-2H3;1H. The molecule has 0 aromatic heterocycles. The van der Waals surface area contributed by atoms with Crippen molar-refractivity contribution in [2.75, 3.05) is 20.8 Å². The van der Waals surface area contributed by atoms with E-state index in [0.29, 0.717) is 11.3 Å². The van der Waals surface area contributed by atoms with Gasteiger partial charge in [0.1, 0.15) is 5.75 Å². The molecule has 1 aromatic carbocycles. The van der Waals surface area contributed by atoms with E-state index >= 15 is 0 Å². The Balaban J connectivity index is 0.00000256. The largest absolute Gasteiger partial charge is 0.482 e. The fourth-order valence-electron chi connectivity index (χ4n) is 1.02. The first kappa shape index (κ1) is 15.2. The summed E-state index contributed by atoms with van der Waals surface area (Å²) in [5.74, 6) is 0.186. The molecule has 94 valence electrons. The number of esters is 1. The smallest absolute Gasteiger partial charge is 0.343 e. The van der Waals surface area contributed by atoms with Gasteiger partial charge in [0.25, 0.3) is 0 Å². The number of ether oxygens (including phenoxy) is 3. The maximum Gasteiger partial charge on any atom is 0.343 e. The Morgan fingerprint density at radius 2 is 1.76 bits per heavy atom. The van der Waals surface area contributed by atoms with Crippen molar-refractivity contribution in [1.29, 1.82) is 5.41 Å². The maximum atomic E-state index is 10.8. The molecule has 0 aliphatic carbocycles. The van der Waals surface area contributed by atoms with Crippen LogP contribution in [0.25, 0.3) is 0 Å². The first-order valence-electron chi connectivity index (χ1n) is 4.60. The molecule has 0 aliphatic heterocycles. The van der Waals surface area contributed by atoms with Crippen LogP contribution in [-0.4, -0.2) is 32.7 Å². The second kappa shape index (κ2) is 7.51. The second-order valence-corrected chi connectivity index (χ2v) is 2.92. The molecule has 0 amide bonds. The van der Waals surface area contributed by atoms with E-state index in [4.69, 9.17) is 14.9 Å². The van der Waals surface area contributed by atoms with E-state index in [1.807, 2.05) is 0 Å². The summed E-state index contributed by atoms with van der Waals surface area (Å²) in [4.78, 5) is 10.8. The molecule has 0 radical (unpaired) electrons. The Morgan fingerprint density at radius 3 is 2.24 bits per heavy atom. The van der Waals surface area contributed by atoms with Gasteiger partial charge in [-0.15, -0.1) is 12.4 Å². The van der Waals surface area contributed by atoms with Gasteiger partial charge in [-0.25, -0.2) is 4.79 Å². The molecule has 1 aromatic rings. The normalized spacial score (nSPS) is 8.82. The predicted molar refractivity (Wildman–Crippen MR) is 65.0 cm³/mol.